The average molecular weight is 392 g/mol. The maximum Gasteiger partial charge on any atom is 0.266 e. The summed E-state index contributed by atoms with van der Waals surface area (Å²) in [4.78, 5) is 32.7. The molecule has 3 aromatic rings. The molecule has 0 unspecified atom stereocenters. The Balaban J connectivity index is 1.95. The number of fused-ring (bicyclic) bond motifs is 1. The van der Waals surface area contributed by atoms with Gasteiger partial charge in [0.05, 0.1) is 5.75 Å². The molecule has 0 bridgehead atoms. The molecular formula is C17H18ClN5O2S. The number of aromatic amines is 1. The molecule has 0 aliphatic carbocycles. The average Bonchev–Trinajstić information content (AvgIpc) is 2.91. The fourth-order valence-corrected chi connectivity index (χ4v) is 3.26. The van der Waals surface area contributed by atoms with Crippen LogP contribution in [0.25, 0.3) is 17.0 Å². The van der Waals surface area contributed by atoms with Gasteiger partial charge in [-0.05, 0) is 32.9 Å². The van der Waals surface area contributed by atoms with Crippen LogP contribution in [-0.2, 0) is 4.79 Å². The van der Waals surface area contributed by atoms with Crippen molar-refractivity contribution in [2.75, 3.05) is 5.75 Å². The quantitative estimate of drug-likeness (QED) is 0.667. The highest BCUT2D eigenvalue weighted by molar-refractivity contribution is 7.99. The summed E-state index contributed by atoms with van der Waals surface area (Å²) in [5, 5.41) is 6.58. The highest BCUT2D eigenvalue weighted by atomic mass is 35.5. The van der Waals surface area contributed by atoms with Crippen molar-refractivity contribution in [1.82, 2.24) is 24.9 Å². The number of H-pyrrole nitrogens is 1. The van der Waals surface area contributed by atoms with Gasteiger partial charge in [0.2, 0.25) is 5.91 Å². The Labute approximate surface area is 159 Å². The van der Waals surface area contributed by atoms with E-state index in [2.05, 4.69) is 20.4 Å². The molecule has 0 saturated heterocycles. The van der Waals surface area contributed by atoms with Crippen molar-refractivity contribution >= 4 is 34.9 Å². The lowest BCUT2D eigenvalue weighted by molar-refractivity contribution is -0.119. The Bertz CT molecular complexity index is 1020. The van der Waals surface area contributed by atoms with Gasteiger partial charge in [-0.25, -0.2) is 14.5 Å². The first kappa shape index (κ1) is 18.5. The van der Waals surface area contributed by atoms with Gasteiger partial charge in [0.25, 0.3) is 5.56 Å². The molecule has 0 fully saturated rings. The largest absolute Gasteiger partial charge is 0.351 e. The summed E-state index contributed by atoms with van der Waals surface area (Å²) in [6.45, 7) is 5.75. The Hall–Kier alpha value is -2.32. The summed E-state index contributed by atoms with van der Waals surface area (Å²) >= 11 is 7.27. The second-order valence-electron chi connectivity index (χ2n) is 6.74. The number of halogens is 1. The minimum Gasteiger partial charge on any atom is -0.351 e. The molecule has 3 rings (SSSR count). The lowest BCUT2D eigenvalue weighted by Gasteiger charge is -2.20. The van der Waals surface area contributed by atoms with Crippen LogP contribution in [0.5, 0.6) is 0 Å². The monoisotopic (exact) mass is 391 g/mol. The molecule has 136 valence electrons. The molecule has 0 aliphatic rings. The van der Waals surface area contributed by atoms with E-state index in [0.717, 1.165) is 5.56 Å². The number of rotatable bonds is 4. The first-order chi connectivity index (χ1) is 12.2. The van der Waals surface area contributed by atoms with Crippen LogP contribution in [0.3, 0.4) is 0 Å². The summed E-state index contributed by atoms with van der Waals surface area (Å²) in [5.74, 6) is 0.483. The highest BCUT2D eigenvalue weighted by Gasteiger charge is 2.16. The van der Waals surface area contributed by atoms with Gasteiger partial charge in [0.15, 0.2) is 16.6 Å². The van der Waals surface area contributed by atoms with Crippen LogP contribution < -0.4 is 10.9 Å². The first-order valence-corrected chi connectivity index (χ1v) is 9.27. The Morgan fingerprint density at radius 3 is 2.77 bits per heavy atom. The maximum absolute atomic E-state index is 12.1. The summed E-state index contributed by atoms with van der Waals surface area (Å²) in [6, 6.07) is 8.53. The molecule has 1 aromatic carbocycles. The zero-order chi connectivity index (χ0) is 18.9. The van der Waals surface area contributed by atoms with Crippen molar-refractivity contribution in [1.29, 1.82) is 0 Å². The van der Waals surface area contributed by atoms with E-state index in [0.29, 0.717) is 21.7 Å². The molecule has 2 N–H and O–H groups in total. The third kappa shape index (κ3) is 4.44. The van der Waals surface area contributed by atoms with Crippen molar-refractivity contribution in [3.05, 3.63) is 45.7 Å². The second-order valence-corrected chi connectivity index (χ2v) is 8.12. The summed E-state index contributed by atoms with van der Waals surface area (Å²) in [6.07, 6.45) is 0. The zero-order valence-corrected chi connectivity index (χ0v) is 16.1. The van der Waals surface area contributed by atoms with Gasteiger partial charge in [0.1, 0.15) is 0 Å². The van der Waals surface area contributed by atoms with Crippen molar-refractivity contribution < 1.29 is 4.79 Å². The van der Waals surface area contributed by atoms with Crippen LogP contribution >= 0.6 is 23.4 Å². The van der Waals surface area contributed by atoms with E-state index in [1.165, 1.54) is 22.3 Å². The van der Waals surface area contributed by atoms with Gasteiger partial charge in [-0.15, -0.1) is 0 Å². The third-order valence-corrected chi connectivity index (χ3v) is 4.43. The number of carbonyl (C=O) groups is 1. The van der Waals surface area contributed by atoms with Gasteiger partial charge in [0, 0.05) is 22.2 Å². The molecule has 0 saturated carbocycles. The van der Waals surface area contributed by atoms with E-state index in [4.69, 9.17) is 11.6 Å². The van der Waals surface area contributed by atoms with Gasteiger partial charge in [-0.2, -0.15) is 0 Å². The number of carbonyl (C=O) groups excluding carboxylic acids is 1. The zero-order valence-electron chi connectivity index (χ0n) is 14.5. The number of nitrogens with one attached hydrogen (secondary N) is 2. The van der Waals surface area contributed by atoms with Gasteiger partial charge in [-0.3, -0.25) is 14.7 Å². The van der Waals surface area contributed by atoms with E-state index >= 15 is 0 Å². The number of nitrogens with zero attached hydrogens (tertiary/aromatic N) is 3. The molecule has 7 nitrogen and oxygen atoms in total. The Kier molecular flexibility index (Phi) is 5.06. The molecule has 0 radical (unpaired) electrons. The molecule has 2 aromatic heterocycles. The summed E-state index contributed by atoms with van der Waals surface area (Å²) < 4.78 is 1.48. The van der Waals surface area contributed by atoms with Gasteiger partial charge >= 0.3 is 0 Å². The molecule has 1 amide bonds. The lowest BCUT2D eigenvalue weighted by atomic mass is 10.1. The van der Waals surface area contributed by atoms with Crippen LogP contribution in [0, 0.1) is 0 Å². The molecule has 0 atom stereocenters. The molecule has 9 heteroatoms. The second kappa shape index (κ2) is 7.13. The number of thioether (sulfide) groups is 1. The van der Waals surface area contributed by atoms with E-state index in [9.17, 15) is 9.59 Å². The normalized spacial score (nSPS) is 11.7. The van der Waals surface area contributed by atoms with Crippen molar-refractivity contribution in [2.24, 2.45) is 0 Å². The fraction of sp³-hybridized carbons (Fsp3) is 0.294. The molecule has 0 spiro atoms. The van der Waals surface area contributed by atoms with E-state index in [1.807, 2.05) is 26.8 Å². The maximum atomic E-state index is 12.1. The van der Waals surface area contributed by atoms with Gasteiger partial charge < -0.3 is 5.32 Å². The third-order valence-electron chi connectivity index (χ3n) is 3.25. The Morgan fingerprint density at radius 2 is 2.08 bits per heavy atom. The lowest BCUT2D eigenvalue weighted by Crippen LogP contribution is -2.41. The number of benzene rings is 1. The van der Waals surface area contributed by atoms with Crippen molar-refractivity contribution in [2.45, 2.75) is 31.5 Å². The van der Waals surface area contributed by atoms with Crippen LogP contribution in [0.4, 0.5) is 0 Å². The minimum absolute atomic E-state index is 0.118. The fourth-order valence-electron chi connectivity index (χ4n) is 2.32. The topological polar surface area (TPSA) is 92.2 Å². The van der Waals surface area contributed by atoms with Crippen molar-refractivity contribution in [3.63, 3.8) is 0 Å². The SMILES string of the molecule is CC(C)(C)NC(=O)CSc1nc(-c2cccc(Cl)c2)nc2cc(=O)[nH]n12. The number of amides is 1. The molecule has 26 heavy (non-hydrogen) atoms. The number of hydrogen-bond donors (Lipinski definition) is 2. The Morgan fingerprint density at radius 1 is 1.31 bits per heavy atom. The van der Waals surface area contributed by atoms with E-state index in [-0.39, 0.29) is 22.8 Å². The highest BCUT2D eigenvalue weighted by Crippen LogP contribution is 2.23. The minimum atomic E-state index is -0.313. The molecule has 0 aliphatic heterocycles. The predicted molar refractivity (Wildman–Crippen MR) is 103 cm³/mol. The number of aromatic nitrogens is 4. The summed E-state index contributed by atoms with van der Waals surface area (Å²) in [5.41, 5.74) is 0.559. The van der Waals surface area contributed by atoms with Crippen LogP contribution in [-0.4, -0.2) is 36.8 Å². The van der Waals surface area contributed by atoms with E-state index < -0.39 is 0 Å². The standard InChI is InChI=1S/C17H18ClN5O2S/c1-17(2,3)21-14(25)9-26-16-20-15(10-5-4-6-11(18)7-10)19-12-8-13(24)22-23(12)16/h4-8H,9H2,1-3H3,(H,21,25)(H,22,24). The van der Waals surface area contributed by atoms with Crippen LogP contribution in [0.2, 0.25) is 5.02 Å². The predicted octanol–water partition coefficient (Wildman–Crippen LogP) is 2.74. The smallest absolute Gasteiger partial charge is 0.266 e. The van der Waals surface area contributed by atoms with Gasteiger partial charge in [-0.1, -0.05) is 35.5 Å². The van der Waals surface area contributed by atoms with E-state index in [1.54, 1.807) is 18.2 Å². The number of hydrogen-bond acceptors (Lipinski definition) is 5. The first-order valence-electron chi connectivity index (χ1n) is 7.91. The molecule has 2 heterocycles. The molecular weight excluding hydrogens is 374 g/mol. The van der Waals surface area contributed by atoms with Crippen molar-refractivity contribution in [3.8, 4) is 11.4 Å². The summed E-state index contributed by atoms with van der Waals surface area (Å²) in [7, 11) is 0. The van der Waals surface area contributed by atoms with Crippen LogP contribution in [0.15, 0.2) is 40.3 Å². The van der Waals surface area contributed by atoms with Crippen LogP contribution in [0.1, 0.15) is 20.8 Å².